The van der Waals surface area contributed by atoms with Gasteiger partial charge in [0.05, 0.1) is 12.0 Å². The number of benzene rings is 4. The standard InChI is InChI=1S/C39H42N2O7.Li/c1-39(2,3)48-38(45)41-23-22-40(35(37(43)44)25-29-16-20-33(21-17-29)47-27-31-12-8-5-9-13-31)36(42)34(41)24-28-14-18-32(19-15-28)46-26-30-10-6-4-7-11-30;/h4-21,34-35H,22-27H2,1-3H3,(H,43,44);/q;+1/p-1/t34-,35-;/m0./s1. The van der Waals surface area contributed by atoms with Gasteiger partial charge in [-0.2, -0.15) is 0 Å². The van der Waals surface area contributed by atoms with Crippen LogP contribution < -0.4 is 33.4 Å². The molecule has 0 unspecified atom stereocenters. The van der Waals surface area contributed by atoms with E-state index >= 15 is 0 Å². The van der Waals surface area contributed by atoms with Gasteiger partial charge in [0.15, 0.2) is 0 Å². The fourth-order valence-electron chi connectivity index (χ4n) is 5.54. The van der Waals surface area contributed by atoms with E-state index in [2.05, 4.69) is 0 Å². The topological polar surface area (TPSA) is 108 Å². The number of rotatable bonds is 12. The summed E-state index contributed by atoms with van der Waals surface area (Å²) in [5.41, 5.74) is 2.79. The summed E-state index contributed by atoms with van der Waals surface area (Å²) in [6.07, 6.45) is -0.417. The van der Waals surface area contributed by atoms with Gasteiger partial charge in [-0.05, 0) is 73.7 Å². The Labute approximate surface area is 300 Å². The maximum Gasteiger partial charge on any atom is 1.00 e. The molecule has 2 amide bonds. The Kier molecular flexibility index (Phi) is 12.9. The van der Waals surface area contributed by atoms with Crippen LogP contribution in [0.2, 0.25) is 0 Å². The summed E-state index contributed by atoms with van der Waals surface area (Å²) >= 11 is 0. The van der Waals surface area contributed by atoms with Crippen molar-refractivity contribution in [1.29, 1.82) is 0 Å². The second-order valence-corrected chi connectivity index (χ2v) is 12.8. The summed E-state index contributed by atoms with van der Waals surface area (Å²) in [6.45, 7) is 6.24. The van der Waals surface area contributed by atoms with E-state index in [0.29, 0.717) is 30.3 Å². The van der Waals surface area contributed by atoms with Gasteiger partial charge >= 0.3 is 25.0 Å². The second-order valence-electron chi connectivity index (χ2n) is 12.8. The monoisotopic (exact) mass is 656 g/mol. The van der Waals surface area contributed by atoms with Crippen molar-refractivity contribution >= 4 is 18.0 Å². The molecule has 4 aromatic carbocycles. The number of carbonyl (C=O) groups is 3. The SMILES string of the molecule is CC(C)(C)OC(=O)N1CCN([C@@H](Cc2ccc(OCc3ccccc3)cc2)C(=O)[O-])C(=O)[C@@H]1Cc1ccc(OCc2ccccc2)cc1.[Li+]. The average Bonchev–Trinajstić information content (AvgIpc) is 3.07. The molecule has 9 nitrogen and oxygen atoms in total. The zero-order valence-corrected chi connectivity index (χ0v) is 28.5. The summed E-state index contributed by atoms with van der Waals surface area (Å²) in [7, 11) is 0. The first-order valence-corrected chi connectivity index (χ1v) is 16.1. The third-order valence-corrected chi connectivity index (χ3v) is 8.00. The minimum atomic E-state index is -1.36. The third kappa shape index (κ3) is 10.6. The number of amides is 2. The molecule has 1 aliphatic heterocycles. The van der Waals surface area contributed by atoms with Crippen molar-refractivity contribution in [1.82, 2.24) is 9.80 Å². The Balaban J connectivity index is 0.00000541. The molecule has 10 heteroatoms. The zero-order chi connectivity index (χ0) is 34.1. The van der Waals surface area contributed by atoms with Gasteiger partial charge in [-0.15, -0.1) is 0 Å². The molecule has 0 N–H and O–H groups in total. The van der Waals surface area contributed by atoms with Crippen LogP contribution in [0.1, 0.15) is 43.0 Å². The van der Waals surface area contributed by atoms with E-state index in [1.807, 2.05) is 84.9 Å². The molecule has 1 heterocycles. The molecule has 0 aromatic heterocycles. The molecule has 0 aliphatic carbocycles. The van der Waals surface area contributed by atoms with E-state index in [-0.39, 0.29) is 44.8 Å². The minimum absolute atomic E-state index is 0. The molecule has 2 atom stereocenters. The molecule has 250 valence electrons. The maximum atomic E-state index is 14.1. The maximum absolute atomic E-state index is 14.1. The molecule has 0 spiro atoms. The molecular weight excluding hydrogens is 615 g/mol. The molecule has 1 aliphatic rings. The fourth-order valence-corrected chi connectivity index (χ4v) is 5.54. The number of carboxylic acid groups (broad SMARTS) is 1. The van der Waals surface area contributed by atoms with Crippen LogP contribution in [0.25, 0.3) is 0 Å². The van der Waals surface area contributed by atoms with Crippen molar-refractivity contribution in [2.75, 3.05) is 13.1 Å². The molecule has 0 radical (unpaired) electrons. The van der Waals surface area contributed by atoms with Crippen LogP contribution in [0.4, 0.5) is 4.79 Å². The Hall–Kier alpha value is -4.71. The van der Waals surface area contributed by atoms with Crippen LogP contribution >= 0.6 is 0 Å². The van der Waals surface area contributed by atoms with Crippen LogP contribution in [0.5, 0.6) is 11.5 Å². The molecule has 0 bridgehead atoms. The summed E-state index contributed by atoms with van der Waals surface area (Å²) in [5.74, 6) is -0.534. The molecule has 1 fully saturated rings. The molecule has 49 heavy (non-hydrogen) atoms. The second kappa shape index (κ2) is 17.1. The van der Waals surface area contributed by atoms with Gasteiger partial charge in [-0.1, -0.05) is 84.9 Å². The van der Waals surface area contributed by atoms with Crippen LogP contribution in [0.15, 0.2) is 109 Å². The predicted octanol–water partition coefficient (Wildman–Crippen LogP) is 2.20. The van der Waals surface area contributed by atoms with Gasteiger partial charge < -0.3 is 29.0 Å². The van der Waals surface area contributed by atoms with E-state index in [0.717, 1.165) is 16.7 Å². The van der Waals surface area contributed by atoms with Crippen LogP contribution in [0.3, 0.4) is 0 Å². The number of hydrogen-bond acceptors (Lipinski definition) is 7. The summed E-state index contributed by atoms with van der Waals surface area (Å²) in [6, 6.07) is 31.9. The number of carbonyl (C=O) groups excluding carboxylic acids is 3. The fraction of sp³-hybridized carbons (Fsp3) is 0.308. The quantitative estimate of drug-likeness (QED) is 0.215. The number of aliphatic carboxylic acids is 1. The number of carboxylic acids is 1. The summed E-state index contributed by atoms with van der Waals surface area (Å²) < 4.78 is 17.4. The van der Waals surface area contributed by atoms with Gasteiger partial charge in [-0.3, -0.25) is 9.69 Å². The van der Waals surface area contributed by atoms with E-state index < -0.39 is 35.7 Å². The largest absolute Gasteiger partial charge is 1.00 e. The van der Waals surface area contributed by atoms with Crippen LogP contribution in [-0.4, -0.2) is 58.5 Å². The smallest absolute Gasteiger partial charge is 0.548 e. The molecule has 5 rings (SSSR count). The summed E-state index contributed by atoms with van der Waals surface area (Å²) in [4.78, 5) is 42.6. The van der Waals surface area contributed by atoms with Crippen LogP contribution in [0, 0.1) is 0 Å². The normalized spacial score (nSPS) is 15.2. The van der Waals surface area contributed by atoms with Crippen LogP contribution in [-0.2, 0) is 40.4 Å². The predicted molar refractivity (Wildman–Crippen MR) is 179 cm³/mol. The Morgan fingerprint density at radius 1 is 0.735 bits per heavy atom. The molecule has 1 saturated heterocycles. The van der Waals surface area contributed by atoms with E-state index in [1.165, 1.54) is 9.80 Å². The number of ether oxygens (including phenoxy) is 3. The summed E-state index contributed by atoms with van der Waals surface area (Å²) in [5, 5.41) is 12.5. The molecule has 4 aromatic rings. The van der Waals surface area contributed by atoms with Crippen molar-refractivity contribution in [3.8, 4) is 11.5 Å². The average molecular weight is 657 g/mol. The molecule has 0 saturated carbocycles. The van der Waals surface area contributed by atoms with Crippen molar-refractivity contribution in [2.45, 2.75) is 64.5 Å². The Morgan fingerprint density at radius 2 is 1.22 bits per heavy atom. The zero-order valence-electron chi connectivity index (χ0n) is 28.5. The van der Waals surface area contributed by atoms with Crippen molar-refractivity contribution in [2.24, 2.45) is 0 Å². The number of hydrogen-bond donors (Lipinski definition) is 0. The van der Waals surface area contributed by atoms with E-state index in [9.17, 15) is 19.5 Å². The first-order chi connectivity index (χ1) is 23.1. The minimum Gasteiger partial charge on any atom is -0.548 e. The van der Waals surface area contributed by atoms with Crippen molar-refractivity contribution in [3.63, 3.8) is 0 Å². The van der Waals surface area contributed by atoms with Gasteiger partial charge in [0.2, 0.25) is 5.91 Å². The van der Waals surface area contributed by atoms with Gasteiger partial charge in [0.1, 0.15) is 36.4 Å². The van der Waals surface area contributed by atoms with Gasteiger partial charge in [0, 0.05) is 19.5 Å². The number of piperazine rings is 1. The Bertz CT molecular complexity index is 1660. The van der Waals surface area contributed by atoms with Crippen molar-refractivity contribution < 1.29 is 52.6 Å². The first kappa shape index (κ1) is 37.1. The Morgan fingerprint density at radius 3 is 1.69 bits per heavy atom. The van der Waals surface area contributed by atoms with Gasteiger partial charge in [0.25, 0.3) is 0 Å². The first-order valence-electron chi connectivity index (χ1n) is 16.1. The van der Waals surface area contributed by atoms with E-state index in [4.69, 9.17) is 14.2 Å². The molecular formula is C39H41LiN2O7. The van der Waals surface area contributed by atoms with E-state index in [1.54, 1.807) is 45.0 Å². The number of nitrogens with zero attached hydrogens (tertiary/aromatic N) is 2. The van der Waals surface area contributed by atoms with Gasteiger partial charge in [-0.25, -0.2) is 4.79 Å². The van der Waals surface area contributed by atoms with Crippen molar-refractivity contribution in [3.05, 3.63) is 131 Å². The third-order valence-electron chi connectivity index (χ3n) is 8.00.